The first-order valence-electron chi connectivity index (χ1n) is 7.66. The summed E-state index contributed by atoms with van der Waals surface area (Å²) in [6.07, 6.45) is 15.3. The van der Waals surface area contributed by atoms with E-state index in [4.69, 9.17) is 4.74 Å². The van der Waals surface area contributed by atoms with Crippen molar-refractivity contribution < 1.29 is 4.74 Å². The van der Waals surface area contributed by atoms with Crippen LogP contribution in [-0.2, 0) is 4.74 Å². The smallest absolute Gasteiger partial charge is 0.0917 e. The normalized spacial score (nSPS) is 11.8. The summed E-state index contributed by atoms with van der Waals surface area (Å²) >= 11 is 0. The molecule has 0 aromatic heterocycles. The highest BCUT2D eigenvalue weighted by molar-refractivity contribution is 4.91. The van der Waals surface area contributed by atoms with Crippen LogP contribution in [0.25, 0.3) is 0 Å². The van der Waals surface area contributed by atoms with Gasteiger partial charge < -0.3 is 4.74 Å². The molecule has 17 heavy (non-hydrogen) atoms. The number of hydrogen-bond donors (Lipinski definition) is 0. The first-order chi connectivity index (χ1) is 8.35. The third kappa shape index (κ3) is 11.8. The first-order valence-corrected chi connectivity index (χ1v) is 7.66. The third-order valence-corrected chi connectivity index (χ3v) is 3.02. The number of unbranched alkanes of at least 4 members (excludes halogenated alkanes) is 7. The van der Waals surface area contributed by atoms with E-state index in [-0.39, 0.29) is 0 Å². The van der Waals surface area contributed by atoms with Crippen molar-refractivity contribution in [2.24, 2.45) is 0 Å². The Balaban J connectivity index is 3.36. The molecule has 0 unspecified atom stereocenters. The van der Waals surface area contributed by atoms with Crippen LogP contribution in [0, 0.1) is 0 Å². The summed E-state index contributed by atoms with van der Waals surface area (Å²) in [5.74, 6) is 1.19. The van der Waals surface area contributed by atoms with E-state index in [1.54, 1.807) is 0 Å². The second kappa shape index (κ2) is 13.6. The molecule has 1 heteroatoms. The molecular formula is C16H32O. The largest absolute Gasteiger partial charge is 0.498 e. The summed E-state index contributed by atoms with van der Waals surface area (Å²) in [4.78, 5) is 0. The lowest BCUT2D eigenvalue weighted by atomic mass is 10.1. The predicted octanol–water partition coefficient (Wildman–Crippen LogP) is 5.85. The van der Waals surface area contributed by atoms with Gasteiger partial charge >= 0.3 is 0 Å². The van der Waals surface area contributed by atoms with Crippen molar-refractivity contribution in [1.29, 1.82) is 0 Å². The fourth-order valence-electron chi connectivity index (χ4n) is 1.90. The standard InChI is InChI=1S/C16H32O/c1-4-7-8-9-10-11-12-13-14-16(6-3)17-15-5-2/h14H,4-13,15H2,1-3H3. The fraction of sp³-hybridized carbons (Fsp3) is 0.875. The molecule has 0 bridgehead atoms. The van der Waals surface area contributed by atoms with Gasteiger partial charge in [0.15, 0.2) is 0 Å². The summed E-state index contributed by atoms with van der Waals surface area (Å²) in [7, 11) is 0. The Bertz CT molecular complexity index is 172. The van der Waals surface area contributed by atoms with E-state index in [1.807, 2.05) is 0 Å². The van der Waals surface area contributed by atoms with Gasteiger partial charge in [-0.25, -0.2) is 0 Å². The average molecular weight is 240 g/mol. The van der Waals surface area contributed by atoms with Gasteiger partial charge in [-0.3, -0.25) is 0 Å². The Morgan fingerprint density at radius 2 is 1.47 bits per heavy atom. The lowest BCUT2D eigenvalue weighted by Gasteiger charge is -2.07. The van der Waals surface area contributed by atoms with Gasteiger partial charge in [-0.05, 0) is 25.3 Å². The number of ether oxygens (including phenoxy) is 1. The molecule has 0 fully saturated rings. The minimum atomic E-state index is 0.872. The van der Waals surface area contributed by atoms with Crippen LogP contribution in [0.2, 0.25) is 0 Å². The van der Waals surface area contributed by atoms with Crippen molar-refractivity contribution >= 4 is 0 Å². The summed E-state index contributed by atoms with van der Waals surface area (Å²) in [6, 6.07) is 0. The Labute approximate surface area is 109 Å². The summed E-state index contributed by atoms with van der Waals surface area (Å²) in [5.41, 5.74) is 0. The Morgan fingerprint density at radius 1 is 0.824 bits per heavy atom. The van der Waals surface area contributed by atoms with Crippen molar-refractivity contribution in [3.63, 3.8) is 0 Å². The predicted molar refractivity (Wildman–Crippen MR) is 77.2 cm³/mol. The maximum absolute atomic E-state index is 5.66. The topological polar surface area (TPSA) is 9.23 Å². The van der Waals surface area contributed by atoms with Gasteiger partial charge in [0, 0.05) is 6.42 Å². The van der Waals surface area contributed by atoms with Crippen LogP contribution < -0.4 is 0 Å². The first kappa shape index (κ1) is 16.5. The quantitative estimate of drug-likeness (QED) is 0.307. The van der Waals surface area contributed by atoms with Crippen LogP contribution in [0.15, 0.2) is 11.8 Å². The second-order valence-corrected chi connectivity index (χ2v) is 4.78. The minimum absolute atomic E-state index is 0.872. The molecule has 0 N–H and O–H groups in total. The van der Waals surface area contributed by atoms with Gasteiger partial charge in [0.05, 0.1) is 12.4 Å². The molecule has 102 valence electrons. The molecule has 0 aliphatic rings. The van der Waals surface area contributed by atoms with Crippen LogP contribution in [0.3, 0.4) is 0 Å². The third-order valence-electron chi connectivity index (χ3n) is 3.02. The van der Waals surface area contributed by atoms with Crippen molar-refractivity contribution in [2.45, 2.75) is 85.0 Å². The number of rotatable bonds is 12. The zero-order valence-electron chi connectivity index (χ0n) is 12.3. The average Bonchev–Trinajstić information content (AvgIpc) is 2.36. The van der Waals surface area contributed by atoms with Gasteiger partial charge in [-0.15, -0.1) is 0 Å². The second-order valence-electron chi connectivity index (χ2n) is 4.78. The van der Waals surface area contributed by atoms with E-state index in [0.29, 0.717) is 0 Å². The van der Waals surface area contributed by atoms with Crippen LogP contribution in [0.5, 0.6) is 0 Å². The SMILES string of the molecule is CCCCCCCCCC=C(CC)OCCC. The van der Waals surface area contributed by atoms with Crippen LogP contribution in [-0.4, -0.2) is 6.61 Å². The van der Waals surface area contributed by atoms with E-state index in [0.717, 1.165) is 19.4 Å². The van der Waals surface area contributed by atoms with Gasteiger partial charge in [0.1, 0.15) is 0 Å². The van der Waals surface area contributed by atoms with Gasteiger partial charge in [0.25, 0.3) is 0 Å². The highest BCUT2D eigenvalue weighted by Crippen LogP contribution is 2.11. The molecule has 0 saturated heterocycles. The molecule has 0 aromatic carbocycles. The zero-order chi connectivity index (χ0) is 12.8. The lowest BCUT2D eigenvalue weighted by molar-refractivity contribution is 0.203. The van der Waals surface area contributed by atoms with E-state index in [2.05, 4.69) is 26.8 Å². The van der Waals surface area contributed by atoms with E-state index >= 15 is 0 Å². The van der Waals surface area contributed by atoms with E-state index in [9.17, 15) is 0 Å². The number of allylic oxidation sites excluding steroid dienone is 2. The number of hydrogen-bond acceptors (Lipinski definition) is 1. The van der Waals surface area contributed by atoms with Gasteiger partial charge in [-0.1, -0.05) is 59.3 Å². The molecule has 0 amide bonds. The monoisotopic (exact) mass is 240 g/mol. The van der Waals surface area contributed by atoms with Crippen molar-refractivity contribution in [1.82, 2.24) is 0 Å². The highest BCUT2D eigenvalue weighted by atomic mass is 16.5. The molecule has 0 radical (unpaired) electrons. The Hall–Kier alpha value is -0.460. The lowest BCUT2D eigenvalue weighted by Crippen LogP contribution is -1.92. The molecule has 0 heterocycles. The molecule has 0 aliphatic heterocycles. The van der Waals surface area contributed by atoms with Crippen molar-refractivity contribution in [3.05, 3.63) is 11.8 Å². The van der Waals surface area contributed by atoms with E-state index < -0.39 is 0 Å². The van der Waals surface area contributed by atoms with Crippen LogP contribution in [0.4, 0.5) is 0 Å². The van der Waals surface area contributed by atoms with Crippen molar-refractivity contribution in [2.75, 3.05) is 6.61 Å². The van der Waals surface area contributed by atoms with Gasteiger partial charge in [0.2, 0.25) is 0 Å². The Kier molecular flexibility index (Phi) is 13.2. The molecule has 0 saturated carbocycles. The molecule has 0 aliphatic carbocycles. The van der Waals surface area contributed by atoms with Crippen LogP contribution in [0.1, 0.15) is 85.0 Å². The summed E-state index contributed by atoms with van der Waals surface area (Å²) in [5, 5.41) is 0. The maximum atomic E-state index is 5.66. The summed E-state index contributed by atoms with van der Waals surface area (Å²) in [6.45, 7) is 7.47. The maximum Gasteiger partial charge on any atom is 0.0917 e. The highest BCUT2D eigenvalue weighted by Gasteiger charge is 1.94. The fourth-order valence-corrected chi connectivity index (χ4v) is 1.90. The Morgan fingerprint density at radius 3 is 2.06 bits per heavy atom. The van der Waals surface area contributed by atoms with Crippen molar-refractivity contribution in [3.8, 4) is 0 Å². The van der Waals surface area contributed by atoms with Gasteiger partial charge in [-0.2, -0.15) is 0 Å². The molecule has 0 aromatic rings. The molecule has 0 spiro atoms. The zero-order valence-corrected chi connectivity index (χ0v) is 12.3. The molecular weight excluding hydrogens is 208 g/mol. The van der Waals surface area contributed by atoms with Crippen LogP contribution >= 0.6 is 0 Å². The molecule has 1 nitrogen and oxygen atoms in total. The van der Waals surface area contributed by atoms with E-state index in [1.165, 1.54) is 57.1 Å². The summed E-state index contributed by atoms with van der Waals surface area (Å²) < 4.78 is 5.66. The minimum Gasteiger partial charge on any atom is -0.498 e. The molecule has 0 rings (SSSR count). The molecule has 0 atom stereocenters.